The second-order valence-electron chi connectivity index (χ2n) is 3.23. The van der Waals surface area contributed by atoms with Crippen LogP contribution in [0.25, 0.3) is 0 Å². The van der Waals surface area contributed by atoms with E-state index in [-0.39, 0.29) is 5.82 Å². The van der Waals surface area contributed by atoms with E-state index in [4.69, 9.17) is 0 Å². The fourth-order valence-corrected chi connectivity index (χ4v) is 1.49. The first-order valence-corrected chi connectivity index (χ1v) is 5.46. The van der Waals surface area contributed by atoms with Crippen molar-refractivity contribution < 1.29 is 4.39 Å². The molecule has 2 nitrogen and oxygen atoms in total. The van der Waals surface area contributed by atoms with Gasteiger partial charge in [0.15, 0.2) is 11.6 Å². The number of hydrogen-bond donors (Lipinski definition) is 0. The molecular formula is C10H14BrFN2. The van der Waals surface area contributed by atoms with Gasteiger partial charge in [0.1, 0.15) is 0 Å². The van der Waals surface area contributed by atoms with Gasteiger partial charge in [-0.3, -0.25) is 0 Å². The van der Waals surface area contributed by atoms with E-state index in [0.29, 0.717) is 10.3 Å². The van der Waals surface area contributed by atoms with Gasteiger partial charge >= 0.3 is 0 Å². The summed E-state index contributed by atoms with van der Waals surface area (Å²) in [6.07, 6.45) is 3.76. The van der Waals surface area contributed by atoms with Crippen LogP contribution < -0.4 is 4.90 Å². The molecule has 0 radical (unpaired) electrons. The first-order valence-electron chi connectivity index (χ1n) is 4.67. The minimum absolute atomic E-state index is 0.280. The Morgan fingerprint density at radius 3 is 2.86 bits per heavy atom. The summed E-state index contributed by atoms with van der Waals surface area (Å²) in [4.78, 5) is 5.87. The van der Waals surface area contributed by atoms with Crippen molar-refractivity contribution in [2.45, 2.75) is 19.8 Å². The maximum absolute atomic E-state index is 13.4. The van der Waals surface area contributed by atoms with Gasteiger partial charge in [-0.15, -0.1) is 0 Å². The van der Waals surface area contributed by atoms with Crippen LogP contribution in [0.15, 0.2) is 16.7 Å². The Hall–Kier alpha value is -0.640. The average Bonchev–Trinajstić information content (AvgIpc) is 2.14. The summed E-state index contributed by atoms with van der Waals surface area (Å²) in [5.41, 5.74) is 0. The van der Waals surface area contributed by atoms with Crippen LogP contribution in [0.4, 0.5) is 10.2 Å². The van der Waals surface area contributed by atoms with Crippen LogP contribution in [0.5, 0.6) is 0 Å². The van der Waals surface area contributed by atoms with E-state index in [1.54, 1.807) is 6.20 Å². The molecule has 0 aliphatic heterocycles. The molecule has 0 fully saturated rings. The summed E-state index contributed by atoms with van der Waals surface area (Å²) in [5.74, 6) is 0.139. The molecule has 0 amide bonds. The number of aromatic nitrogens is 1. The van der Waals surface area contributed by atoms with Crippen molar-refractivity contribution in [1.82, 2.24) is 4.98 Å². The lowest BCUT2D eigenvalue weighted by atomic mass is 10.3. The molecule has 0 aromatic carbocycles. The average molecular weight is 261 g/mol. The molecule has 1 aromatic rings. The van der Waals surface area contributed by atoms with Gasteiger partial charge in [0.25, 0.3) is 0 Å². The van der Waals surface area contributed by atoms with Crippen molar-refractivity contribution >= 4 is 21.7 Å². The molecule has 1 aromatic heterocycles. The summed E-state index contributed by atoms with van der Waals surface area (Å²) in [7, 11) is 1.86. The van der Waals surface area contributed by atoms with E-state index >= 15 is 0 Å². The van der Waals surface area contributed by atoms with E-state index in [0.717, 1.165) is 19.4 Å². The highest BCUT2D eigenvalue weighted by Gasteiger charge is 2.08. The van der Waals surface area contributed by atoms with Crippen LogP contribution in [0.3, 0.4) is 0 Å². The summed E-state index contributed by atoms with van der Waals surface area (Å²) >= 11 is 3.18. The minimum atomic E-state index is -0.280. The van der Waals surface area contributed by atoms with Gasteiger partial charge < -0.3 is 4.90 Å². The number of pyridine rings is 1. The highest BCUT2D eigenvalue weighted by molar-refractivity contribution is 9.10. The van der Waals surface area contributed by atoms with Crippen LogP contribution in [-0.4, -0.2) is 18.6 Å². The Morgan fingerprint density at radius 2 is 2.29 bits per heavy atom. The third-order valence-electron chi connectivity index (χ3n) is 2.00. The van der Waals surface area contributed by atoms with Crippen molar-refractivity contribution in [1.29, 1.82) is 0 Å². The predicted molar refractivity (Wildman–Crippen MR) is 60.1 cm³/mol. The highest BCUT2D eigenvalue weighted by atomic mass is 79.9. The number of halogens is 2. The second kappa shape index (κ2) is 5.29. The first-order chi connectivity index (χ1) is 6.65. The number of nitrogens with zero attached hydrogens (tertiary/aromatic N) is 2. The van der Waals surface area contributed by atoms with Crippen LogP contribution in [0.1, 0.15) is 19.8 Å². The van der Waals surface area contributed by atoms with Crippen LogP contribution in [0, 0.1) is 5.82 Å². The maximum atomic E-state index is 13.4. The Kier molecular flexibility index (Phi) is 4.32. The van der Waals surface area contributed by atoms with Crippen molar-refractivity contribution in [3.63, 3.8) is 0 Å². The highest BCUT2D eigenvalue weighted by Crippen LogP contribution is 2.18. The number of anilines is 1. The van der Waals surface area contributed by atoms with E-state index in [1.807, 2.05) is 11.9 Å². The fraction of sp³-hybridized carbons (Fsp3) is 0.500. The van der Waals surface area contributed by atoms with E-state index in [2.05, 4.69) is 27.8 Å². The Balaban J connectivity index is 2.74. The van der Waals surface area contributed by atoms with Crippen LogP contribution in [-0.2, 0) is 0 Å². The number of hydrogen-bond acceptors (Lipinski definition) is 2. The molecule has 0 aliphatic rings. The lowest BCUT2D eigenvalue weighted by Gasteiger charge is -2.18. The third-order valence-corrected chi connectivity index (χ3v) is 2.43. The molecule has 1 rings (SSSR count). The van der Waals surface area contributed by atoms with E-state index < -0.39 is 0 Å². The Morgan fingerprint density at radius 1 is 1.57 bits per heavy atom. The largest absolute Gasteiger partial charge is 0.357 e. The lowest BCUT2D eigenvalue weighted by Crippen LogP contribution is -2.20. The first kappa shape index (κ1) is 11.4. The second-order valence-corrected chi connectivity index (χ2v) is 4.15. The molecule has 14 heavy (non-hydrogen) atoms. The topological polar surface area (TPSA) is 16.1 Å². The molecule has 0 bridgehead atoms. The standard InChI is InChI=1S/C10H14BrFN2/c1-3-4-5-14(2)10-9(12)6-8(11)7-13-10/h6-7H,3-5H2,1-2H3. The summed E-state index contributed by atoms with van der Waals surface area (Å²) < 4.78 is 14.1. The van der Waals surface area contributed by atoms with Gasteiger partial charge in [0, 0.05) is 24.3 Å². The number of rotatable bonds is 4. The molecule has 78 valence electrons. The third kappa shape index (κ3) is 2.94. The molecule has 0 aliphatic carbocycles. The van der Waals surface area contributed by atoms with Gasteiger partial charge in [-0.25, -0.2) is 9.37 Å². The Labute approximate surface area is 92.3 Å². The molecule has 0 atom stereocenters. The summed E-state index contributed by atoms with van der Waals surface area (Å²) in [6.45, 7) is 2.95. The smallest absolute Gasteiger partial charge is 0.166 e. The van der Waals surface area contributed by atoms with Crippen molar-refractivity contribution in [3.05, 3.63) is 22.6 Å². The number of unbranched alkanes of at least 4 members (excludes halogenated alkanes) is 1. The molecule has 0 spiro atoms. The van der Waals surface area contributed by atoms with Gasteiger partial charge in [-0.05, 0) is 28.4 Å². The molecule has 0 saturated carbocycles. The monoisotopic (exact) mass is 260 g/mol. The quantitative estimate of drug-likeness (QED) is 0.827. The SMILES string of the molecule is CCCCN(C)c1ncc(Br)cc1F. The summed E-state index contributed by atoms with van der Waals surface area (Å²) in [5, 5.41) is 0. The fourth-order valence-electron chi connectivity index (χ4n) is 1.19. The van der Waals surface area contributed by atoms with Gasteiger partial charge in [0.05, 0.1) is 0 Å². The predicted octanol–water partition coefficient (Wildman–Crippen LogP) is 3.22. The lowest BCUT2D eigenvalue weighted by molar-refractivity contribution is 0.611. The molecule has 0 saturated heterocycles. The van der Waals surface area contributed by atoms with Crippen LogP contribution in [0.2, 0.25) is 0 Å². The van der Waals surface area contributed by atoms with E-state index in [9.17, 15) is 4.39 Å². The maximum Gasteiger partial charge on any atom is 0.166 e. The molecule has 1 heterocycles. The zero-order chi connectivity index (χ0) is 10.6. The van der Waals surface area contributed by atoms with E-state index in [1.165, 1.54) is 6.07 Å². The van der Waals surface area contributed by atoms with Gasteiger partial charge in [-0.1, -0.05) is 13.3 Å². The molecule has 0 N–H and O–H groups in total. The van der Waals surface area contributed by atoms with Gasteiger partial charge in [-0.2, -0.15) is 0 Å². The summed E-state index contributed by atoms with van der Waals surface area (Å²) in [6, 6.07) is 1.44. The minimum Gasteiger partial charge on any atom is -0.357 e. The zero-order valence-electron chi connectivity index (χ0n) is 8.43. The molecular weight excluding hydrogens is 247 g/mol. The van der Waals surface area contributed by atoms with Crippen molar-refractivity contribution in [3.8, 4) is 0 Å². The van der Waals surface area contributed by atoms with Crippen molar-refractivity contribution in [2.75, 3.05) is 18.5 Å². The van der Waals surface area contributed by atoms with Crippen LogP contribution >= 0.6 is 15.9 Å². The molecule has 4 heteroatoms. The Bertz CT molecular complexity index is 304. The zero-order valence-corrected chi connectivity index (χ0v) is 10.0. The normalized spacial score (nSPS) is 10.3. The van der Waals surface area contributed by atoms with Gasteiger partial charge in [0.2, 0.25) is 0 Å². The van der Waals surface area contributed by atoms with Crippen molar-refractivity contribution in [2.24, 2.45) is 0 Å². The molecule has 0 unspecified atom stereocenters.